The number of benzene rings is 2. The van der Waals surface area contributed by atoms with Gasteiger partial charge in [0.25, 0.3) is 0 Å². The normalized spacial score (nSPS) is 18.5. The van der Waals surface area contributed by atoms with Crippen LogP contribution in [0.5, 0.6) is 0 Å². The molecule has 1 aliphatic rings. The number of carbonyl (C=O) groups is 2. The van der Waals surface area contributed by atoms with Crippen molar-refractivity contribution in [2.75, 3.05) is 38.7 Å². The quantitative estimate of drug-likeness (QED) is 0.733. The number of rotatable bonds is 6. The molecule has 154 valence electrons. The molecule has 1 aliphatic heterocycles. The first-order valence-corrected chi connectivity index (χ1v) is 9.62. The molecule has 2 unspecified atom stereocenters. The van der Waals surface area contributed by atoms with Crippen molar-refractivity contribution in [3.63, 3.8) is 0 Å². The molecule has 2 N–H and O–H groups in total. The van der Waals surface area contributed by atoms with Crippen molar-refractivity contribution in [2.45, 2.75) is 12.8 Å². The first-order chi connectivity index (χ1) is 14.0. The van der Waals surface area contributed by atoms with Gasteiger partial charge in [-0.1, -0.05) is 29.8 Å². The van der Waals surface area contributed by atoms with Gasteiger partial charge in [-0.05, 0) is 36.8 Å². The van der Waals surface area contributed by atoms with Crippen LogP contribution >= 0.6 is 0 Å². The summed E-state index contributed by atoms with van der Waals surface area (Å²) < 4.78 is 18.7. The van der Waals surface area contributed by atoms with Gasteiger partial charge in [0, 0.05) is 38.3 Å². The van der Waals surface area contributed by atoms with Crippen LogP contribution in [0.1, 0.15) is 17.0 Å². The fourth-order valence-corrected chi connectivity index (χ4v) is 3.56. The van der Waals surface area contributed by atoms with E-state index in [0.29, 0.717) is 30.9 Å². The van der Waals surface area contributed by atoms with Gasteiger partial charge in [0.15, 0.2) is 0 Å². The number of aryl methyl sites for hydroxylation is 1. The number of hydrogen-bond donors (Lipinski definition) is 2. The van der Waals surface area contributed by atoms with Gasteiger partial charge in [-0.2, -0.15) is 0 Å². The third kappa shape index (κ3) is 5.32. The minimum atomic E-state index is -0.461. The van der Waals surface area contributed by atoms with E-state index in [2.05, 4.69) is 10.6 Å². The van der Waals surface area contributed by atoms with E-state index in [4.69, 9.17) is 4.74 Å². The van der Waals surface area contributed by atoms with Crippen LogP contribution in [0.25, 0.3) is 0 Å². The number of amides is 3. The van der Waals surface area contributed by atoms with E-state index in [1.807, 2.05) is 31.2 Å². The zero-order chi connectivity index (χ0) is 20.8. The standard InChI is InChI=1S/C22H26FN3O3/c1-15-6-8-18(9-7-15)25-22(28)26-13-19(16-4-3-5-17(23)12-16)20(14-26)21(27)24-10-11-29-2/h3-9,12,19-20H,10-11,13-14H2,1-2H3,(H,24,27)(H,25,28). The molecule has 2 aromatic carbocycles. The van der Waals surface area contributed by atoms with Crippen molar-refractivity contribution < 1.29 is 18.7 Å². The molecule has 0 radical (unpaired) electrons. The highest BCUT2D eigenvalue weighted by molar-refractivity contribution is 5.91. The average molecular weight is 399 g/mol. The first-order valence-electron chi connectivity index (χ1n) is 9.62. The summed E-state index contributed by atoms with van der Waals surface area (Å²) in [7, 11) is 1.56. The third-order valence-corrected chi connectivity index (χ3v) is 5.13. The largest absolute Gasteiger partial charge is 0.383 e. The molecule has 0 saturated carbocycles. The van der Waals surface area contributed by atoms with Gasteiger partial charge in [0.2, 0.25) is 5.91 Å². The second-order valence-electron chi connectivity index (χ2n) is 7.25. The van der Waals surface area contributed by atoms with E-state index < -0.39 is 5.92 Å². The van der Waals surface area contributed by atoms with E-state index >= 15 is 0 Å². The smallest absolute Gasteiger partial charge is 0.321 e. The molecule has 6 nitrogen and oxygen atoms in total. The molecule has 7 heteroatoms. The molecule has 2 aromatic rings. The summed E-state index contributed by atoms with van der Waals surface area (Å²) >= 11 is 0. The van der Waals surface area contributed by atoms with E-state index in [0.717, 1.165) is 5.56 Å². The minimum Gasteiger partial charge on any atom is -0.383 e. The van der Waals surface area contributed by atoms with E-state index in [-0.39, 0.29) is 30.2 Å². The van der Waals surface area contributed by atoms with Crippen LogP contribution < -0.4 is 10.6 Å². The highest BCUT2D eigenvalue weighted by atomic mass is 19.1. The number of anilines is 1. The Morgan fingerprint density at radius 2 is 1.93 bits per heavy atom. The number of carbonyl (C=O) groups excluding carboxylic acids is 2. The number of urea groups is 1. The lowest BCUT2D eigenvalue weighted by molar-refractivity contribution is -0.125. The van der Waals surface area contributed by atoms with Crippen molar-refractivity contribution in [1.29, 1.82) is 0 Å². The molecule has 3 amide bonds. The Morgan fingerprint density at radius 3 is 2.62 bits per heavy atom. The number of nitrogens with one attached hydrogen (secondary N) is 2. The third-order valence-electron chi connectivity index (χ3n) is 5.13. The maximum atomic E-state index is 13.8. The predicted octanol–water partition coefficient (Wildman–Crippen LogP) is 3.14. The SMILES string of the molecule is COCCNC(=O)C1CN(C(=O)Nc2ccc(C)cc2)CC1c1cccc(F)c1. The van der Waals surface area contributed by atoms with Gasteiger partial charge in [-0.25, -0.2) is 9.18 Å². The minimum absolute atomic E-state index is 0.165. The Hall–Kier alpha value is -2.93. The van der Waals surface area contributed by atoms with Crippen LogP contribution in [0.3, 0.4) is 0 Å². The molecule has 0 bridgehead atoms. The lowest BCUT2D eigenvalue weighted by Gasteiger charge is -2.18. The fraction of sp³-hybridized carbons (Fsp3) is 0.364. The number of nitrogens with zero attached hydrogens (tertiary/aromatic N) is 1. The maximum Gasteiger partial charge on any atom is 0.321 e. The molecule has 1 saturated heterocycles. The highest BCUT2D eigenvalue weighted by Crippen LogP contribution is 2.33. The second-order valence-corrected chi connectivity index (χ2v) is 7.25. The topological polar surface area (TPSA) is 70.7 Å². The van der Waals surface area contributed by atoms with E-state index in [1.54, 1.807) is 24.1 Å². The van der Waals surface area contributed by atoms with Crippen LogP contribution in [0.4, 0.5) is 14.9 Å². The Morgan fingerprint density at radius 1 is 1.17 bits per heavy atom. The number of hydrogen-bond acceptors (Lipinski definition) is 3. The average Bonchev–Trinajstić information content (AvgIpc) is 3.16. The van der Waals surface area contributed by atoms with Gasteiger partial charge in [0.05, 0.1) is 12.5 Å². The van der Waals surface area contributed by atoms with E-state index in [9.17, 15) is 14.0 Å². The summed E-state index contributed by atoms with van der Waals surface area (Å²) in [5.41, 5.74) is 2.50. The molecular weight excluding hydrogens is 373 g/mol. The Labute approximate surface area is 170 Å². The van der Waals surface area contributed by atoms with Gasteiger partial charge < -0.3 is 20.3 Å². The van der Waals surface area contributed by atoms with E-state index in [1.165, 1.54) is 12.1 Å². The molecular formula is C22H26FN3O3. The summed E-state index contributed by atoms with van der Waals surface area (Å²) in [4.78, 5) is 27.1. The summed E-state index contributed by atoms with van der Waals surface area (Å²) in [6.45, 7) is 3.36. The molecule has 2 atom stereocenters. The molecule has 0 aromatic heterocycles. The summed E-state index contributed by atoms with van der Waals surface area (Å²) in [6.07, 6.45) is 0. The lowest BCUT2D eigenvalue weighted by atomic mass is 9.88. The molecule has 0 spiro atoms. The maximum absolute atomic E-state index is 13.8. The zero-order valence-corrected chi connectivity index (χ0v) is 16.7. The Bertz CT molecular complexity index is 857. The second kappa shape index (κ2) is 9.52. The number of likely N-dealkylation sites (tertiary alicyclic amines) is 1. The Kier molecular flexibility index (Phi) is 6.82. The summed E-state index contributed by atoms with van der Waals surface area (Å²) in [5, 5.41) is 5.71. The number of halogens is 1. The first kappa shape index (κ1) is 20.8. The van der Waals surface area contributed by atoms with Crippen molar-refractivity contribution in [1.82, 2.24) is 10.2 Å². The number of ether oxygens (including phenoxy) is 1. The fourth-order valence-electron chi connectivity index (χ4n) is 3.56. The molecule has 0 aliphatic carbocycles. The molecule has 29 heavy (non-hydrogen) atoms. The zero-order valence-electron chi connectivity index (χ0n) is 16.7. The monoisotopic (exact) mass is 399 g/mol. The van der Waals surface area contributed by atoms with Crippen LogP contribution in [0, 0.1) is 18.7 Å². The summed E-state index contributed by atoms with van der Waals surface area (Å²) in [6, 6.07) is 13.5. The predicted molar refractivity (Wildman–Crippen MR) is 109 cm³/mol. The van der Waals surface area contributed by atoms with Gasteiger partial charge >= 0.3 is 6.03 Å². The van der Waals surface area contributed by atoms with Gasteiger partial charge in [-0.3, -0.25) is 4.79 Å². The van der Waals surface area contributed by atoms with Crippen molar-refractivity contribution >= 4 is 17.6 Å². The van der Waals surface area contributed by atoms with Crippen molar-refractivity contribution in [3.8, 4) is 0 Å². The van der Waals surface area contributed by atoms with Crippen molar-refractivity contribution in [3.05, 3.63) is 65.5 Å². The van der Waals surface area contributed by atoms with Crippen LogP contribution in [0.15, 0.2) is 48.5 Å². The Balaban J connectivity index is 1.75. The molecule has 3 rings (SSSR count). The highest BCUT2D eigenvalue weighted by Gasteiger charge is 2.40. The van der Waals surface area contributed by atoms with Crippen molar-refractivity contribution in [2.24, 2.45) is 5.92 Å². The summed E-state index contributed by atoms with van der Waals surface area (Å²) in [5.74, 6) is -1.26. The van der Waals surface area contributed by atoms with Gasteiger partial charge in [0.1, 0.15) is 5.82 Å². The molecule has 1 fully saturated rings. The van der Waals surface area contributed by atoms with Crippen LogP contribution in [-0.4, -0.2) is 50.2 Å². The van der Waals surface area contributed by atoms with Crippen LogP contribution in [0.2, 0.25) is 0 Å². The number of methoxy groups -OCH3 is 1. The molecule has 1 heterocycles. The van der Waals surface area contributed by atoms with Gasteiger partial charge in [-0.15, -0.1) is 0 Å². The van der Waals surface area contributed by atoms with Crippen LogP contribution in [-0.2, 0) is 9.53 Å². The lowest BCUT2D eigenvalue weighted by Crippen LogP contribution is -2.38.